The van der Waals surface area contributed by atoms with Crippen molar-refractivity contribution >= 4 is 28.5 Å². The summed E-state index contributed by atoms with van der Waals surface area (Å²) in [6, 6.07) is 8.80. The molecule has 0 spiro atoms. The molecule has 0 bridgehead atoms. The van der Waals surface area contributed by atoms with Crippen LogP contribution in [0.3, 0.4) is 0 Å². The molecule has 1 aromatic rings. The van der Waals surface area contributed by atoms with Crippen LogP contribution in [0.5, 0.6) is 0 Å². The van der Waals surface area contributed by atoms with Gasteiger partial charge in [-0.3, -0.25) is 10.2 Å². The lowest BCUT2D eigenvalue weighted by atomic mass is 10.2. The number of amidine groups is 1. The van der Waals surface area contributed by atoms with Gasteiger partial charge in [-0.05, 0) is 12.1 Å². The fourth-order valence-electron chi connectivity index (χ4n) is 1.16. The van der Waals surface area contributed by atoms with Crippen LogP contribution in [0.15, 0.2) is 24.3 Å². The number of nitrogens with zero attached hydrogens (tertiary/aromatic N) is 1. The van der Waals surface area contributed by atoms with Crippen LogP contribution < -0.4 is 11.1 Å². The first-order valence-corrected chi connectivity index (χ1v) is 5.88. The van der Waals surface area contributed by atoms with Crippen LogP contribution in [0.1, 0.15) is 12.0 Å². The van der Waals surface area contributed by atoms with Gasteiger partial charge in [0, 0.05) is 12.2 Å². The van der Waals surface area contributed by atoms with Crippen LogP contribution in [-0.4, -0.2) is 16.8 Å². The van der Waals surface area contributed by atoms with E-state index in [1.807, 2.05) is 6.07 Å². The van der Waals surface area contributed by atoms with E-state index in [1.165, 1.54) is 0 Å². The number of rotatable bonds is 4. The van der Waals surface area contributed by atoms with Crippen molar-refractivity contribution in [2.24, 2.45) is 5.73 Å². The number of thioether (sulfide) groups is 1. The Balaban J connectivity index is 2.51. The molecule has 0 atom stereocenters. The molecule has 0 saturated heterocycles. The van der Waals surface area contributed by atoms with E-state index in [1.54, 1.807) is 24.3 Å². The second-order valence-electron chi connectivity index (χ2n) is 3.17. The minimum Gasteiger partial charge on any atom is -0.379 e. The molecule has 1 amide bonds. The van der Waals surface area contributed by atoms with Crippen molar-refractivity contribution in [1.29, 1.82) is 10.7 Å². The maximum Gasteiger partial charge on any atom is 0.225 e. The highest BCUT2D eigenvalue weighted by molar-refractivity contribution is 8.13. The lowest BCUT2D eigenvalue weighted by molar-refractivity contribution is -0.115. The number of hydrogen-bond acceptors (Lipinski definition) is 4. The van der Waals surface area contributed by atoms with E-state index in [4.69, 9.17) is 16.4 Å². The van der Waals surface area contributed by atoms with Gasteiger partial charge in [-0.1, -0.05) is 23.9 Å². The maximum absolute atomic E-state index is 11.5. The molecule has 0 aliphatic rings. The standard InChI is InChI=1S/C11H12N4OS/c12-7-8-3-1-2-4-9(8)15-10(16)5-6-17-11(13)14/h1-4H,5-6H2,(H3,13,14)(H,15,16). The van der Waals surface area contributed by atoms with Gasteiger partial charge in [0.1, 0.15) is 6.07 Å². The summed E-state index contributed by atoms with van der Waals surface area (Å²) in [5, 5.41) is 18.5. The Morgan fingerprint density at radius 2 is 2.24 bits per heavy atom. The van der Waals surface area contributed by atoms with E-state index in [-0.39, 0.29) is 17.5 Å². The number of nitrogens with one attached hydrogen (secondary N) is 2. The maximum atomic E-state index is 11.5. The van der Waals surface area contributed by atoms with Gasteiger partial charge in [0.15, 0.2) is 5.17 Å². The Labute approximate surface area is 104 Å². The highest BCUT2D eigenvalue weighted by Crippen LogP contribution is 2.14. The number of amides is 1. The van der Waals surface area contributed by atoms with Gasteiger partial charge in [0.05, 0.1) is 11.3 Å². The zero-order valence-corrected chi connectivity index (χ0v) is 9.88. The van der Waals surface area contributed by atoms with Crippen molar-refractivity contribution in [3.05, 3.63) is 29.8 Å². The highest BCUT2D eigenvalue weighted by atomic mass is 32.2. The average Bonchev–Trinajstić information content (AvgIpc) is 2.29. The zero-order chi connectivity index (χ0) is 12.7. The molecular weight excluding hydrogens is 236 g/mol. The molecule has 4 N–H and O–H groups in total. The fourth-order valence-corrected chi connectivity index (χ4v) is 1.66. The van der Waals surface area contributed by atoms with E-state index < -0.39 is 0 Å². The molecule has 0 fully saturated rings. The Kier molecular flexibility index (Phi) is 5.04. The predicted molar refractivity (Wildman–Crippen MR) is 68.8 cm³/mol. The van der Waals surface area contributed by atoms with Crippen molar-refractivity contribution in [2.75, 3.05) is 11.1 Å². The van der Waals surface area contributed by atoms with Crippen LogP contribution >= 0.6 is 11.8 Å². The molecule has 0 saturated carbocycles. The molecule has 0 aliphatic carbocycles. The summed E-state index contributed by atoms with van der Waals surface area (Å²) in [4.78, 5) is 11.5. The second kappa shape index (κ2) is 6.55. The number of benzene rings is 1. The lowest BCUT2D eigenvalue weighted by Gasteiger charge is -2.06. The first-order chi connectivity index (χ1) is 8.13. The van der Waals surface area contributed by atoms with Gasteiger partial charge in [-0.25, -0.2) is 0 Å². The van der Waals surface area contributed by atoms with Crippen molar-refractivity contribution in [2.45, 2.75) is 6.42 Å². The third-order valence-corrected chi connectivity index (χ3v) is 2.63. The Hall–Kier alpha value is -2.00. The number of anilines is 1. The molecule has 5 nitrogen and oxygen atoms in total. The Morgan fingerprint density at radius 3 is 2.88 bits per heavy atom. The molecule has 0 heterocycles. The average molecular weight is 248 g/mol. The summed E-state index contributed by atoms with van der Waals surface area (Å²) in [6.07, 6.45) is 0.254. The molecular formula is C11H12N4OS. The number of para-hydroxylation sites is 1. The van der Waals surface area contributed by atoms with Crippen molar-refractivity contribution in [3.63, 3.8) is 0 Å². The van der Waals surface area contributed by atoms with Gasteiger partial charge in [0.2, 0.25) is 5.91 Å². The lowest BCUT2D eigenvalue weighted by Crippen LogP contribution is -2.14. The summed E-state index contributed by atoms with van der Waals surface area (Å²) in [5.74, 6) is 0.261. The van der Waals surface area contributed by atoms with Crippen LogP contribution in [0.4, 0.5) is 5.69 Å². The van der Waals surface area contributed by atoms with Gasteiger partial charge in [-0.15, -0.1) is 0 Å². The molecule has 1 rings (SSSR count). The summed E-state index contributed by atoms with van der Waals surface area (Å²) in [6.45, 7) is 0. The molecule has 17 heavy (non-hydrogen) atoms. The minimum absolute atomic E-state index is 0.00442. The highest BCUT2D eigenvalue weighted by Gasteiger charge is 2.06. The minimum atomic E-state index is -0.193. The van der Waals surface area contributed by atoms with E-state index in [0.717, 1.165) is 11.8 Å². The van der Waals surface area contributed by atoms with Crippen LogP contribution in [0.25, 0.3) is 0 Å². The first-order valence-electron chi connectivity index (χ1n) is 4.89. The number of hydrogen-bond donors (Lipinski definition) is 3. The molecule has 0 aromatic heterocycles. The third-order valence-electron chi connectivity index (χ3n) is 1.91. The fraction of sp³-hybridized carbons (Fsp3) is 0.182. The molecule has 0 unspecified atom stereocenters. The summed E-state index contributed by atoms with van der Waals surface area (Å²) >= 11 is 1.12. The van der Waals surface area contributed by atoms with E-state index in [9.17, 15) is 4.79 Å². The number of carbonyl (C=O) groups is 1. The van der Waals surface area contributed by atoms with Gasteiger partial charge >= 0.3 is 0 Å². The summed E-state index contributed by atoms with van der Waals surface area (Å²) in [5.41, 5.74) is 6.09. The van der Waals surface area contributed by atoms with Gasteiger partial charge < -0.3 is 11.1 Å². The van der Waals surface area contributed by atoms with Crippen LogP contribution in [0.2, 0.25) is 0 Å². The van der Waals surface area contributed by atoms with E-state index in [2.05, 4.69) is 5.32 Å². The first kappa shape index (κ1) is 13.1. The molecule has 1 aromatic carbocycles. The van der Waals surface area contributed by atoms with Crippen LogP contribution in [0, 0.1) is 16.7 Å². The normalized spacial score (nSPS) is 9.35. The predicted octanol–water partition coefficient (Wildman–Crippen LogP) is 1.51. The largest absolute Gasteiger partial charge is 0.379 e. The smallest absolute Gasteiger partial charge is 0.225 e. The Morgan fingerprint density at radius 1 is 1.53 bits per heavy atom. The van der Waals surface area contributed by atoms with Gasteiger partial charge in [0.25, 0.3) is 0 Å². The Bertz CT molecular complexity index is 467. The van der Waals surface area contributed by atoms with Crippen molar-refractivity contribution < 1.29 is 4.79 Å². The summed E-state index contributed by atoms with van der Waals surface area (Å²) in [7, 11) is 0. The molecule has 0 radical (unpaired) electrons. The second-order valence-corrected chi connectivity index (χ2v) is 4.31. The number of nitriles is 1. The third kappa shape index (κ3) is 4.57. The van der Waals surface area contributed by atoms with E-state index in [0.29, 0.717) is 17.0 Å². The topological polar surface area (TPSA) is 103 Å². The quantitative estimate of drug-likeness (QED) is 0.555. The number of carbonyl (C=O) groups excluding carboxylic acids is 1. The SMILES string of the molecule is N#Cc1ccccc1NC(=O)CCSC(=N)N. The zero-order valence-electron chi connectivity index (χ0n) is 9.06. The van der Waals surface area contributed by atoms with Crippen molar-refractivity contribution in [3.8, 4) is 6.07 Å². The monoisotopic (exact) mass is 248 g/mol. The van der Waals surface area contributed by atoms with Crippen molar-refractivity contribution in [1.82, 2.24) is 0 Å². The number of nitrogens with two attached hydrogens (primary N) is 1. The molecule has 6 heteroatoms. The molecule has 88 valence electrons. The van der Waals surface area contributed by atoms with Gasteiger partial charge in [-0.2, -0.15) is 5.26 Å². The van der Waals surface area contributed by atoms with Crippen LogP contribution in [-0.2, 0) is 4.79 Å². The van der Waals surface area contributed by atoms with E-state index >= 15 is 0 Å². The molecule has 0 aliphatic heterocycles. The summed E-state index contributed by atoms with van der Waals surface area (Å²) < 4.78 is 0.